The van der Waals surface area contributed by atoms with E-state index in [1.807, 2.05) is 0 Å². The van der Waals surface area contributed by atoms with Gasteiger partial charge in [0.05, 0.1) is 39.3 Å². The largest absolute Gasteiger partial charge is 0.452 e. The van der Waals surface area contributed by atoms with E-state index in [1.54, 1.807) is 6.07 Å². The number of aromatic nitrogens is 1. The first-order chi connectivity index (χ1) is 12.8. The van der Waals surface area contributed by atoms with Crippen molar-refractivity contribution in [3.8, 4) is 0 Å². The van der Waals surface area contributed by atoms with Gasteiger partial charge >= 0.3 is 18.3 Å². The van der Waals surface area contributed by atoms with Crippen molar-refractivity contribution in [3.63, 3.8) is 0 Å². The number of amides is 4. The van der Waals surface area contributed by atoms with Gasteiger partial charge in [0.1, 0.15) is 6.04 Å². The molecule has 1 aromatic rings. The lowest BCUT2D eigenvalue weighted by molar-refractivity contribution is -0.135. The molecule has 1 unspecified atom stereocenters. The van der Waals surface area contributed by atoms with Crippen LogP contribution in [0, 0.1) is 0 Å². The van der Waals surface area contributed by atoms with Crippen molar-refractivity contribution in [2.75, 3.05) is 32.9 Å². The van der Waals surface area contributed by atoms with E-state index in [2.05, 4.69) is 15.1 Å². The summed E-state index contributed by atoms with van der Waals surface area (Å²) in [6.45, 7) is 0.975. The molecule has 146 valence electrons. The average Bonchev–Trinajstić information content (AvgIpc) is 2.69. The van der Waals surface area contributed by atoms with Crippen molar-refractivity contribution in [1.82, 2.24) is 20.4 Å². The summed E-state index contributed by atoms with van der Waals surface area (Å²) in [5.41, 5.74) is 2.72. The third-order valence-electron chi connectivity index (χ3n) is 3.73. The Kier molecular flexibility index (Phi) is 6.00. The van der Waals surface area contributed by atoms with Crippen LogP contribution in [0.4, 0.5) is 20.1 Å². The Morgan fingerprint density at radius 1 is 1.15 bits per heavy atom. The van der Waals surface area contributed by atoms with E-state index in [-0.39, 0.29) is 17.9 Å². The molecular formula is C15H19N5O7. The molecule has 1 aliphatic heterocycles. The van der Waals surface area contributed by atoms with Crippen molar-refractivity contribution >= 4 is 29.9 Å². The Bertz CT molecular complexity index is 756. The number of hydrazine groups is 2. The molecule has 0 aliphatic carbocycles. The van der Waals surface area contributed by atoms with Crippen molar-refractivity contribution in [1.29, 1.82) is 0 Å². The topological polar surface area (TPSA) is 131 Å². The van der Waals surface area contributed by atoms with Crippen molar-refractivity contribution in [2.45, 2.75) is 13.0 Å². The van der Waals surface area contributed by atoms with E-state index in [0.29, 0.717) is 0 Å². The Balaban J connectivity index is 2.58. The van der Waals surface area contributed by atoms with Gasteiger partial charge in [-0.15, -0.1) is 0 Å². The summed E-state index contributed by atoms with van der Waals surface area (Å²) in [5.74, 6) is -0.543. The summed E-state index contributed by atoms with van der Waals surface area (Å²) in [4.78, 5) is 52.4. The molecule has 1 N–H and O–H groups in total. The second-order valence-electron chi connectivity index (χ2n) is 5.25. The summed E-state index contributed by atoms with van der Waals surface area (Å²) in [6.07, 6.45) is -1.17. The second-order valence-corrected chi connectivity index (χ2v) is 5.25. The Morgan fingerprint density at radius 2 is 1.81 bits per heavy atom. The SMILES string of the molecule is COC(=O)NN(C(C)=O)C1CN(C(=O)OC)N(C(=O)OC)c2cccnc21. The highest BCUT2D eigenvalue weighted by Gasteiger charge is 2.43. The molecule has 0 saturated heterocycles. The molecule has 1 aliphatic rings. The van der Waals surface area contributed by atoms with E-state index < -0.39 is 30.2 Å². The van der Waals surface area contributed by atoms with Crippen molar-refractivity contribution < 1.29 is 33.4 Å². The van der Waals surface area contributed by atoms with Gasteiger partial charge in [-0.05, 0) is 12.1 Å². The number of methoxy groups -OCH3 is 3. The van der Waals surface area contributed by atoms with Gasteiger partial charge < -0.3 is 14.2 Å². The molecule has 0 fully saturated rings. The fourth-order valence-corrected chi connectivity index (χ4v) is 2.58. The number of ether oxygens (including phenoxy) is 3. The Labute approximate surface area is 154 Å². The van der Waals surface area contributed by atoms with Crippen LogP contribution in [-0.2, 0) is 19.0 Å². The van der Waals surface area contributed by atoms with Crippen LogP contribution < -0.4 is 10.4 Å². The molecule has 1 atom stereocenters. The zero-order valence-electron chi connectivity index (χ0n) is 15.2. The van der Waals surface area contributed by atoms with Crippen LogP contribution in [0.15, 0.2) is 18.3 Å². The number of fused-ring (bicyclic) bond motifs is 1. The van der Waals surface area contributed by atoms with E-state index in [1.165, 1.54) is 19.2 Å². The van der Waals surface area contributed by atoms with Gasteiger partial charge in [-0.25, -0.2) is 29.8 Å². The minimum Gasteiger partial charge on any atom is -0.452 e. The smallest absolute Gasteiger partial charge is 0.433 e. The number of carbonyl (C=O) groups is 4. The van der Waals surface area contributed by atoms with Crippen molar-refractivity contribution in [3.05, 3.63) is 24.0 Å². The second kappa shape index (κ2) is 8.21. The number of hydrogen-bond donors (Lipinski definition) is 1. The molecule has 2 heterocycles. The fourth-order valence-electron chi connectivity index (χ4n) is 2.58. The number of nitrogens with one attached hydrogen (secondary N) is 1. The number of nitrogens with zero attached hydrogens (tertiary/aromatic N) is 4. The number of pyridine rings is 1. The maximum Gasteiger partial charge on any atom is 0.433 e. The highest BCUT2D eigenvalue weighted by molar-refractivity contribution is 5.92. The molecule has 0 bridgehead atoms. The third kappa shape index (κ3) is 3.83. The molecule has 0 radical (unpaired) electrons. The van der Waals surface area contributed by atoms with Gasteiger partial charge in [-0.3, -0.25) is 9.78 Å². The summed E-state index contributed by atoms with van der Waals surface area (Å²) in [5, 5.41) is 2.85. The molecule has 0 saturated carbocycles. The van der Waals surface area contributed by atoms with E-state index in [9.17, 15) is 19.2 Å². The third-order valence-corrected chi connectivity index (χ3v) is 3.73. The lowest BCUT2D eigenvalue weighted by Gasteiger charge is -2.42. The van der Waals surface area contributed by atoms with E-state index >= 15 is 0 Å². The fraction of sp³-hybridized carbons (Fsp3) is 0.400. The zero-order chi connectivity index (χ0) is 20.1. The van der Waals surface area contributed by atoms with Gasteiger partial charge in [0, 0.05) is 13.1 Å². The molecule has 12 nitrogen and oxygen atoms in total. The quantitative estimate of drug-likeness (QED) is 0.559. The first-order valence-electron chi connectivity index (χ1n) is 7.68. The Morgan fingerprint density at radius 3 is 2.37 bits per heavy atom. The standard InChI is InChI=1S/C15H19N5O7/c1-9(21)19(17-13(22)25-2)11-8-18(14(23)26-3)20(15(24)27-4)10-6-5-7-16-12(10)11/h5-7,11H,8H2,1-4H3,(H,17,22). The molecule has 27 heavy (non-hydrogen) atoms. The van der Waals surface area contributed by atoms with Crippen LogP contribution in [0.3, 0.4) is 0 Å². The first kappa shape index (κ1) is 19.8. The minimum atomic E-state index is -0.919. The number of rotatable bonds is 1. The zero-order valence-corrected chi connectivity index (χ0v) is 15.2. The highest BCUT2D eigenvalue weighted by Crippen LogP contribution is 2.35. The number of hydrogen-bond acceptors (Lipinski definition) is 8. The molecular weight excluding hydrogens is 362 g/mol. The van der Waals surface area contributed by atoms with Crippen LogP contribution in [0.25, 0.3) is 0 Å². The summed E-state index contributed by atoms with van der Waals surface area (Å²) in [7, 11) is 3.43. The van der Waals surface area contributed by atoms with Crippen LogP contribution >= 0.6 is 0 Å². The van der Waals surface area contributed by atoms with Crippen molar-refractivity contribution in [2.24, 2.45) is 0 Å². The Hall–Kier alpha value is -3.57. The maximum atomic E-state index is 12.3. The normalized spacial score (nSPS) is 15.3. The highest BCUT2D eigenvalue weighted by atomic mass is 16.6. The molecule has 12 heteroatoms. The maximum absolute atomic E-state index is 12.3. The molecule has 4 amide bonds. The van der Waals surface area contributed by atoms with Crippen LogP contribution in [0.2, 0.25) is 0 Å². The summed E-state index contributed by atoms with van der Waals surface area (Å²) >= 11 is 0. The minimum absolute atomic E-state index is 0.184. The monoisotopic (exact) mass is 381 g/mol. The van der Waals surface area contributed by atoms with E-state index in [0.717, 1.165) is 36.4 Å². The number of carbonyl (C=O) groups excluding carboxylic acids is 4. The van der Waals surface area contributed by atoms with Crippen LogP contribution in [-0.4, -0.2) is 67.1 Å². The predicted molar refractivity (Wildman–Crippen MR) is 89.0 cm³/mol. The summed E-state index contributed by atoms with van der Waals surface area (Å²) < 4.78 is 14.0. The van der Waals surface area contributed by atoms with Gasteiger partial charge in [-0.1, -0.05) is 0 Å². The van der Waals surface area contributed by atoms with E-state index in [4.69, 9.17) is 9.47 Å². The van der Waals surface area contributed by atoms with Gasteiger partial charge in [0.2, 0.25) is 5.91 Å². The average molecular weight is 381 g/mol. The lowest BCUT2D eigenvalue weighted by Crippen LogP contribution is -2.59. The van der Waals surface area contributed by atoms with Gasteiger partial charge in [-0.2, -0.15) is 5.01 Å². The van der Waals surface area contributed by atoms with Crippen LogP contribution in [0.5, 0.6) is 0 Å². The molecule has 1 aromatic heterocycles. The molecule has 2 rings (SSSR count). The van der Waals surface area contributed by atoms with Crippen LogP contribution in [0.1, 0.15) is 18.7 Å². The summed E-state index contributed by atoms with van der Waals surface area (Å²) in [6, 6.07) is 2.13. The first-order valence-corrected chi connectivity index (χ1v) is 7.68. The lowest BCUT2D eigenvalue weighted by atomic mass is 10.1. The molecule has 0 aromatic carbocycles. The number of anilines is 1. The van der Waals surface area contributed by atoms with Gasteiger partial charge in [0.15, 0.2) is 0 Å². The molecule has 0 spiro atoms. The predicted octanol–water partition coefficient (Wildman–Crippen LogP) is 0.812. The van der Waals surface area contributed by atoms with Gasteiger partial charge in [0.25, 0.3) is 0 Å².